The normalized spacial score (nSPS) is 20.6. The fraction of sp³-hybridized carbons (Fsp3) is 0.556. The fourth-order valence-corrected chi connectivity index (χ4v) is 5.47. The third kappa shape index (κ3) is 3.32. The summed E-state index contributed by atoms with van der Waals surface area (Å²) in [6.07, 6.45) is 2.21. The maximum atomic E-state index is 12.8. The van der Waals surface area contributed by atoms with Crippen LogP contribution in [0.15, 0.2) is 18.2 Å². The number of thiazole rings is 1. The Hall–Kier alpha value is -1.11. The molecule has 128 valence electrons. The topological polar surface area (TPSA) is 36.4 Å². The van der Waals surface area contributed by atoms with Crippen molar-refractivity contribution in [1.29, 1.82) is 0 Å². The number of hydrogen-bond donors (Lipinski definition) is 0. The molecule has 2 saturated heterocycles. The summed E-state index contributed by atoms with van der Waals surface area (Å²) >= 11 is 3.74. The molecule has 0 spiro atoms. The first-order valence-corrected chi connectivity index (χ1v) is 10.7. The maximum Gasteiger partial charge on any atom is 0.253 e. The molecule has 0 unspecified atom stereocenters. The van der Waals surface area contributed by atoms with Crippen LogP contribution in [-0.4, -0.2) is 64.4 Å². The molecular weight excluding hydrogens is 338 g/mol. The molecule has 0 aliphatic carbocycles. The van der Waals surface area contributed by atoms with Crippen molar-refractivity contribution in [2.75, 3.05) is 37.7 Å². The van der Waals surface area contributed by atoms with Gasteiger partial charge in [-0.15, -0.1) is 11.3 Å². The number of carbonyl (C=O) groups is 1. The van der Waals surface area contributed by atoms with Crippen LogP contribution in [0.25, 0.3) is 10.2 Å². The van der Waals surface area contributed by atoms with E-state index in [2.05, 4.69) is 21.6 Å². The molecule has 6 heteroatoms. The number of thioether (sulfide) groups is 1. The van der Waals surface area contributed by atoms with Gasteiger partial charge in [0.25, 0.3) is 5.91 Å². The smallest absolute Gasteiger partial charge is 0.253 e. The molecule has 24 heavy (non-hydrogen) atoms. The molecule has 2 fully saturated rings. The maximum absolute atomic E-state index is 12.8. The van der Waals surface area contributed by atoms with Gasteiger partial charge in [-0.05, 0) is 38.0 Å². The highest BCUT2D eigenvalue weighted by Gasteiger charge is 2.28. The average molecular weight is 362 g/mol. The number of piperidine rings is 1. The quantitative estimate of drug-likeness (QED) is 0.823. The summed E-state index contributed by atoms with van der Waals surface area (Å²) in [5.41, 5.74) is 1.73. The van der Waals surface area contributed by atoms with Gasteiger partial charge in [-0.1, -0.05) is 0 Å². The summed E-state index contributed by atoms with van der Waals surface area (Å²) in [4.78, 5) is 22.0. The highest BCUT2D eigenvalue weighted by atomic mass is 32.2. The van der Waals surface area contributed by atoms with Gasteiger partial charge in [0.2, 0.25) is 0 Å². The van der Waals surface area contributed by atoms with Gasteiger partial charge in [-0.25, -0.2) is 4.98 Å². The number of fused-ring (bicyclic) bond motifs is 1. The number of rotatable bonds is 2. The van der Waals surface area contributed by atoms with Crippen molar-refractivity contribution < 1.29 is 4.79 Å². The van der Waals surface area contributed by atoms with Crippen LogP contribution < -0.4 is 0 Å². The number of benzene rings is 1. The Morgan fingerprint density at radius 1 is 1.17 bits per heavy atom. The summed E-state index contributed by atoms with van der Waals surface area (Å²) in [7, 11) is 0. The van der Waals surface area contributed by atoms with Gasteiger partial charge in [-0.2, -0.15) is 11.8 Å². The lowest BCUT2D eigenvalue weighted by Gasteiger charge is -2.40. The molecule has 4 nitrogen and oxygen atoms in total. The van der Waals surface area contributed by atoms with E-state index in [0.717, 1.165) is 46.7 Å². The second-order valence-electron chi connectivity index (χ2n) is 6.59. The number of hydrogen-bond acceptors (Lipinski definition) is 5. The number of nitrogens with zero attached hydrogens (tertiary/aromatic N) is 3. The predicted octanol–water partition coefficient (Wildman–Crippen LogP) is 3.26. The lowest BCUT2D eigenvalue weighted by Crippen LogP contribution is -2.49. The number of likely N-dealkylation sites (tertiary alicyclic amines) is 1. The highest BCUT2D eigenvalue weighted by Crippen LogP contribution is 2.25. The summed E-state index contributed by atoms with van der Waals surface area (Å²) < 4.78 is 1.16. The molecular formula is C18H23N3OS2. The Morgan fingerprint density at radius 2 is 1.92 bits per heavy atom. The molecule has 4 rings (SSSR count). The molecule has 1 amide bonds. The third-order valence-electron chi connectivity index (χ3n) is 5.06. The number of amides is 1. The average Bonchev–Trinajstić information content (AvgIpc) is 3.01. The van der Waals surface area contributed by atoms with Crippen molar-refractivity contribution in [2.24, 2.45) is 0 Å². The second kappa shape index (κ2) is 7.02. The molecule has 1 aromatic heterocycles. The van der Waals surface area contributed by atoms with Gasteiger partial charge in [0.15, 0.2) is 0 Å². The number of aryl methyl sites for hydroxylation is 1. The van der Waals surface area contributed by atoms with Crippen molar-refractivity contribution >= 4 is 39.2 Å². The standard InChI is InChI=1S/C18H23N3OS2/c1-13-19-16-12-14(2-3-17(16)24-13)18(22)21-6-4-15(5-7-21)20-8-10-23-11-9-20/h2-3,12,15H,4-11H2,1H3. The van der Waals surface area contributed by atoms with E-state index in [1.807, 2.05) is 30.0 Å². The highest BCUT2D eigenvalue weighted by molar-refractivity contribution is 7.99. The lowest BCUT2D eigenvalue weighted by molar-refractivity contribution is 0.0631. The van der Waals surface area contributed by atoms with Gasteiger partial charge in [0.05, 0.1) is 15.2 Å². The number of aromatic nitrogens is 1. The molecule has 2 aliphatic heterocycles. The Labute approximate surface area is 151 Å². The summed E-state index contributed by atoms with van der Waals surface area (Å²) in [6.45, 7) is 6.19. The van der Waals surface area contributed by atoms with E-state index in [4.69, 9.17) is 0 Å². The zero-order valence-electron chi connectivity index (χ0n) is 14.0. The molecule has 0 N–H and O–H groups in total. The molecule has 0 radical (unpaired) electrons. The minimum Gasteiger partial charge on any atom is -0.339 e. The first-order chi connectivity index (χ1) is 11.7. The molecule has 2 aliphatic rings. The van der Waals surface area contributed by atoms with E-state index in [0.29, 0.717) is 6.04 Å². The largest absolute Gasteiger partial charge is 0.339 e. The van der Waals surface area contributed by atoms with Crippen molar-refractivity contribution in [1.82, 2.24) is 14.8 Å². The van der Waals surface area contributed by atoms with Crippen LogP contribution in [-0.2, 0) is 0 Å². The van der Waals surface area contributed by atoms with E-state index in [-0.39, 0.29) is 5.91 Å². The van der Waals surface area contributed by atoms with Crippen molar-refractivity contribution in [3.05, 3.63) is 28.8 Å². The van der Waals surface area contributed by atoms with Gasteiger partial charge in [0, 0.05) is 49.3 Å². The minimum absolute atomic E-state index is 0.162. The zero-order valence-corrected chi connectivity index (χ0v) is 15.7. The van der Waals surface area contributed by atoms with Crippen LogP contribution in [0.2, 0.25) is 0 Å². The lowest BCUT2D eigenvalue weighted by atomic mass is 10.0. The first-order valence-electron chi connectivity index (χ1n) is 8.69. The summed E-state index contributed by atoms with van der Waals surface area (Å²) in [6, 6.07) is 6.61. The monoisotopic (exact) mass is 361 g/mol. The SMILES string of the molecule is Cc1nc2cc(C(=O)N3CCC(N4CCSCC4)CC3)ccc2s1. The van der Waals surface area contributed by atoms with Crippen LogP contribution in [0.3, 0.4) is 0 Å². The van der Waals surface area contributed by atoms with E-state index in [1.54, 1.807) is 11.3 Å². The molecule has 2 aromatic rings. The number of carbonyl (C=O) groups excluding carboxylic acids is 1. The molecule has 0 saturated carbocycles. The molecule has 0 atom stereocenters. The second-order valence-corrected chi connectivity index (χ2v) is 9.05. The minimum atomic E-state index is 0.162. The van der Waals surface area contributed by atoms with Gasteiger partial charge in [-0.3, -0.25) is 9.69 Å². The van der Waals surface area contributed by atoms with E-state index >= 15 is 0 Å². The van der Waals surface area contributed by atoms with Crippen LogP contribution in [0.4, 0.5) is 0 Å². The van der Waals surface area contributed by atoms with E-state index in [9.17, 15) is 4.79 Å². The van der Waals surface area contributed by atoms with Crippen LogP contribution in [0.1, 0.15) is 28.2 Å². The van der Waals surface area contributed by atoms with Crippen LogP contribution in [0, 0.1) is 6.92 Å². The van der Waals surface area contributed by atoms with Crippen LogP contribution >= 0.6 is 23.1 Å². The summed E-state index contributed by atoms with van der Waals surface area (Å²) in [5, 5.41) is 1.05. The predicted molar refractivity (Wildman–Crippen MR) is 102 cm³/mol. The Bertz CT molecular complexity index is 731. The Morgan fingerprint density at radius 3 is 2.67 bits per heavy atom. The third-order valence-corrected chi connectivity index (χ3v) is 6.95. The van der Waals surface area contributed by atoms with E-state index in [1.165, 1.54) is 24.6 Å². The van der Waals surface area contributed by atoms with E-state index < -0.39 is 0 Å². The Kier molecular flexibility index (Phi) is 4.79. The fourth-order valence-electron chi connectivity index (χ4n) is 3.73. The molecule has 3 heterocycles. The Balaban J connectivity index is 1.41. The summed E-state index contributed by atoms with van der Waals surface area (Å²) in [5.74, 6) is 2.67. The van der Waals surface area contributed by atoms with Gasteiger partial charge >= 0.3 is 0 Å². The van der Waals surface area contributed by atoms with Gasteiger partial charge in [0.1, 0.15) is 0 Å². The van der Waals surface area contributed by atoms with Crippen molar-refractivity contribution in [2.45, 2.75) is 25.8 Å². The molecule has 0 bridgehead atoms. The van der Waals surface area contributed by atoms with Crippen LogP contribution in [0.5, 0.6) is 0 Å². The zero-order chi connectivity index (χ0) is 16.5. The van der Waals surface area contributed by atoms with Gasteiger partial charge < -0.3 is 4.90 Å². The molecule has 1 aromatic carbocycles. The van der Waals surface area contributed by atoms with Crippen molar-refractivity contribution in [3.8, 4) is 0 Å². The van der Waals surface area contributed by atoms with Crippen molar-refractivity contribution in [3.63, 3.8) is 0 Å². The first kappa shape index (κ1) is 16.4.